The average molecular weight is 246 g/mol. The average Bonchev–Trinajstić information content (AvgIpc) is 2.77. The molecule has 0 aromatic carbocycles. The van der Waals surface area contributed by atoms with Crippen LogP contribution in [0, 0.1) is 22.7 Å². The van der Waals surface area contributed by atoms with Crippen molar-refractivity contribution in [1.82, 2.24) is 10.6 Å². The van der Waals surface area contributed by atoms with Gasteiger partial charge < -0.3 is 0 Å². The fourth-order valence-electron chi connectivity index (χ4n) is 4.32. The summed E-state index contributed by atoms with van der Waals surface area (Å²) in [6.07, 6.45) is 4.93. The third-order valence-corrected chi connectivity index (χ3v) is 4.99. The van der Waals surface area contributed by atoms with Crippen molar-refractivity contribution >= 4 is 23.6 Å². The molecule has 4 amide bonds. The lowest BCUT2D eigenvalue weighted by molar-refractivity contribution is -0.159. The lowest BCUT2D eigenvalue weighted by atomic mass is 9.47. The second-order valence-corrected chi connectivity index (χ2v) is 5.36. The summed E-state index contributed by atoms with van der Waals surface area (Å²) in [5, 5.41) is 4.41. The highest BCUT2D eigenvalue weighted by Crippen LogP contribution is 2.65. The third kappa shape index (κ3) is 0.638. The van der Waals surface area contributed by atoms with E-state index in [1.807, 2.05) is 12.2 Å². The molecule has 5 rings (SSSR count). The Morgan fingerprint density at radius 2 is 1.11 bits per heavy atom. The van der Waals surface area contributed by atoms with Gasteiger partial charge in [-0.25, -0.2) is 0 Å². The smallest absolute Gasteiger partial charge is 0.244 e. The van der Waals surface area contributed by atoms with Crippen LogP contribution in [0.25, 0.3) is 0 Å². The van der Waals surface area contributed by atoms with Crippen LogP contribution in [0.15, 0.2) is 12.2 Å². The molecule has 2 N–H and O–H groups in total. The van der Waals surface area contributed by atoms with Crippen molar-refractivity contribution in [3.05, 3.63) is 12.2 Å². The van der Waals surface area contributed by atoms with Crippen LogP contribution < -0.4 is 10.6 Å². The van der Waals surface area contributed by atoms with Gasteiger partial charge in [-0.3, -0.25) is 29.8 Å². The Hall–Kier alpha value is -1.98. The normalized spacial score (nSPS) is 48.0. The highest BCUT2D eigenvalue weighted by molar-refractivity contribution is 6.35. The molecule has 2 saturated heterocycles. The molecule has 18 heavy (non-hydrogen) atoms. The molecule has 2 atom stereocenters. The predicted molar refractivity (Wildman–Crippen MR) is 56.5 cm³/mol. The first kappa shape index (κ1) is 9.99. The maximum absolute atomic E-state index is 12.2. The molecule has 0 aromatic rings. The van der Waals surface area contributed by atoms with Gasteiger partial charge in [-0.15, -0.1) is 0 Å². The molecule has 6 nitrogen and oxygen atoms in total. The van der Waals surface area contributed by atoms with Crippen molar-refractivity contribution in [2.45, 2.75) is 12.8 Å². The summed E-state index contributed by atoms with van der Waals surface area (Å²) in [6.45, 7) is 0. The van der Waals surface area contributed by atoms with Gasteiger partial charge in [0.1, 0.15) is 0 Å². The van der Waals surface area contributed by atoms with Crippen LogP contribution in [0.1, 0.15) is 12.8 Å². The van der Waals surface area contributed by atoms with Crippen molar-refractivity contribution in [1.29, 1.82) is 0 Å². The van der Waals surface area contributed by atoms with E-state index in [-0.39, 0.29) is 11.8 Å². The number of nitrogens with one attached hydrogen (secondary N) is 2. The number of hydrogen-bond acceptors (Lipinski definition) is 4. The first-order valence-electron chi connectivity index (χ1n) is 5.96. The lowest BCUT2D eigenvalue weighted by Crippen LogP contribution is -2.60. The Bertz CT molecular complexity index is 499. The first-order chi connectivity index (χ1) is 8.56. The molecule has 3 aliphatic carbocycles. The Morgan fingerprint density at radius 1 is 0.778 bits per heavy atom. The summed E-state index contributed by atoms with van der Waals surface area (Å²) in [6, 6.07) is 0. The second-order valence-electron chi connectivity index (χ2n) is 5.36. The van der Waals surface area contributed by atoms with Crippen LogP contribution in [0.3, 0.4) is 0 Å². The van der Waals surface area contributed by atoms with Crippen LogP contribution in [0.5, 0.6) is 0 Å². The van der Waals surface area contributed by atoms with E-state index < -0.39 is 34.5 Å². The molecule has 2 bridgehead atoms. The maximum Gasteiger partial charge on any atom is 0.244 e. The number of fused-ring (bicyclic) bond motifs is 1. The molecule has 3 fully saturated rings. The number of allylic oxidation sites excluding steroid dienone is 2. The molecular weight excluding hydrogens is 236 g/mol. The van der Waals surface area contributed by atoms with Gasteiger partial charge in [0.05, 0.1) is 0 Å². The molecule has 0 radical (unpaired) electrons. The fourth-order valence-corrected chi connectivity index (χ4v) is 4.32. The van der Waals surface area contributed by atoms with Gasteiger partial charge in [-0.1, -0.05) is 12.2 Å². The van der Waals surface area contributed by atoms with Gasteiger partial charge in [-0.05, 0) is 12.8 Å². The Labute approximate surface area is 102 Å². The zero-order chi connectivity index (χ0) is 12.7. The van der Waals surface area contributed by atoms with Crippen LogP contribution in [0.4, 0.5) is 0 Å². The van der Waals surface area contributed by atoms with Gasteiger partial charge in [0.15, 0.2) is 10.8 Å². The van der Waals surface area contributed by atoms with Gasteiger partial charge in [-0.2, -0.15) is 0 Å². The van der Waals surface area contributed by atoms with E-state index in [2.05, 4.69) is 10.6 Å². The quantitative estimate of drug-likeness (QED) is 0.321. The van der Waals surface area contributed by atoms with Crippen molar-refractivity contribution in [3.8, 4) is 0 Å². The van der Waals surface area contributed by atoms with Gasteiger partial charge >= 0.3 is 0 Å². The van der Waals surface area contributed by atoms with Gasteiger partial charge in [0.2, 0.25) is 23.6 Å². The number of carbonyl (C=O) groups is 4. The summed E-state index contributed by atoms with van der Waals surface area (Å²) in [7, 11) is 0. The molecule has 6 heteroatoms. The van der Waals surface area contributed by atoms with Crippen LogP contribution >= 0.6 is 0 Å². The predicted octanol–water partition coefficient (Wildman–Crippen LogP) is -1.13. The van der Waals surface area contributed by atoms with E-state index in [9.17, 15) is 19.2 Å². The topological polar surface area (TPSA) is 92.3 Å². The molecule has 1 saturated carbocycles. The lowest BCUT2D eigenvalue weighted by Gasteiger charge is -2.48. The molecule has 92 valence electrons. The third-order valence-electron chi connectivity index (χ3n) is 4.99. The maximum atomic E-state index is 12.2. The Balaban J connectivity index is 2.14. The Kier molecular flexibility index (Phi) is 1.42. The minimum Gasteiger partial charge on any atom is -0.294 e. The largest absolute Gasteiger partial charge is 0.294 e. The standard InChI is InChI=1S/C12H10N2O4/c15-7-11-5-1-2-6(4-3-5)12(11,9(17)13-7)10(18)14-8(11)16/h1-2,5-6H,3-4H2,(H,13,15,17)(H,14,16,18)/t5-,6+,11?,12?. The minimum absolute atomic E-state index is 0.361. The molecular formula is C12H10N2O4. The highest BCUT2D eigenvalue weighted by Gasteiger charge is 2.84. The van der Waals surface area contributed by atoms with E-state index in [0.29, 0.717) is 12.8 Å². The minimum atomic E-state index is -1.53. The van der Waals surface area contributed by atoms with Crippen molar-refractivity contribution in [2.75, 3.05) is 0 Å². The highest BCUT2D eigenvalue weighted by atomic mass is 16.2. The van der Waals surface area contributed by atoms with Crippen LogP contribution in [-0.4, -0.2) is 23.6 Å². The number of imide groups is 2. The number of carbonyl (C=O) groups excluding carboxylic acids is 4. The van der Waals surface area contributed by atoms with Crippen molar-refractivity contribution in [3.63, 3.8) is 0 Å². The van der Waals surface area contributed by atoms with Crippen LogP contribution in [-0.2, 0) is 19.2 Å². The molecule has 0 unspecified atom stereocenters. The monoisotopic (exact) mass is 246 g/mol. The van der Waals surface area contributed by atoms with E-state index in [4.69, 9.17) is 0 Å². The van der Waals surface area contributed by atoms with Gasteiger partial charge in [0, 0.05) is 11.8 Å². The Morgan fingerprint density at radius 3 is 1.39 bits per heavy atom. The first-order valence-corrected chi connectivity index (χ1v) is 5.96. The SMILES string of the molecule is O=C1NC(=O)C23C(=O)NC(=O)C12[C@@H]1C=C[C@H]3CC1. The number of rotatable bonds is 0. The van der Waals surface area contributed by atoms with Crippen molar-refractivity contribution in [2.24, 2.45) is 22.7 Å². The summed E-state index contributed by atoms with van der Waals surface area (Å²) in [5.74, 6) is -3.18. The summed E-state index contributed by atoms with van der Waals surface area (Å²) >= 11 is 0. The van der Waals surface area contributed by atoms with E-state index in [1.165, 1.54) is 0 Å². The van der Waals surface area contributed by atoms with Crippen molar-refractivity contribution < 1.29 is 19.2 Å². The molecule has 0 spiro atoms. The molecule has 2 aliphatic heterocycles. The zero-order valence-electron chi connectivity index (χ0n) is 9.36. The second kappa shape index (κ2) is 2.55. The summed E-state index contributed by atoms with van der Waals surface area (Å²) in [5.41, 5.74) is -3.06. The zero-order valence-corrected chi connectivity index (χ0v) is 9.36. The van der Waals surface area contributed by atoms with E-state index >= 15 is 0 Å². The van der Waals surface area contributed by atoms with E-state index in [0.717, 1.165) is 0 Å². The summed E-state index contributed by atoms with van der Waals surface area (Å²) in [4.78, 5) is 48.7. The van der Waals surface area contributed by atoms with Crippen LogP contribution in [0.2, 0.25) is 0 Å². The molecule has 2 heterocycles. The molecule has 0 aromatic heterocycles. The fraction of sp³-hybridized carbons (Fsp3) is 0.500. The summed E-state index contributed by atoms with van der Waals surface area (Å²) < 4.78 is 0. The number of hydrogen-bond donors (Lipinski definition) is 2. The number of amides is 4. The van der Waals surface area contributed by atoms with Gasteiger partial charge in [0.25, 0.3) is 0 Å². The molecule has 5 aliphatic rings. The van der Waals surface area contributed by atoms with E-state index in [1.54, 1.807) is 0 Å².